The molecule has 0 spiro atoms. The molecule has 8 nitrogen and oxygen atoms in total. The standard InChI is InChI=1S/C21H27N3O5S3/c1-3-29-19(25)13-17-14-30-21(23-17)31-15(2)20(26)22-16-7-9-18(10-8-16)32(27,28)24-11-5-4-6-12-24/h7-10,14-15H,3-6,11-13H2,1-2H3,(H,22,26). The summed E-state index contributed by atoms with van der Waals surface area (Å²) in [6, 6.07) is 6.26. The maximum Gasteiger partial charge on any atom is 0.311 e. The van der Waals surface area contributed by atoms with Gasteiger partial charge in [-0.25, -0.2) is 13.4 Å². The van der Waals surface area contributed by atoms with Crippen molar-refractivity contribution < 1.29 is 22.7 Å². The topological polar surface area (TPSA) is 106 Å². The molecule has 3 rings (SSSR count). The summed E-state index contributed by atoms with van der Waals surface area (Å²) in [5.41, 5.74) is 1.15. The second-order valence-corrected chi connectivity index (χ2v) is 11.7. The van der Waals surface area contributed by atoms with Crippen molar-refractivity contribution in [3.63, 3.8) is 0 Å². The highest BCUT2D eigenvalue weighted by atomic mass is 32.2. The average molecular weight is 498 g/mol. The first-order valence-corrected chi connectivity index (χ1v) is 13.7. The van der Waals surface area contributed by atoms with Crippen LogP contribution in [0.25, 0.3) is 0 Å². The van der Waals surface area contributed by atoms with E-state index in [0.717, 1.165) is 19.3 Å². The summed E-state index contributed by atoms with van der Waals surface area (Å²) in [5.74, 6) is -0.547. The molecule has 1 atom stereocenters. The number of carbonyl (C=O) groups excluding carboxylic acids is 2. The van der Waals surface area contributed by atoms with Crippen LogP contribution in [0.2, 0.25) is 0 Å². The van der Waals surface area contributed by atoms with Crippen LogP contribution < -0.4 is 5.32 Å². The van der Waals surface area contributed by atoms with Gasteiger partial charge in [0.1, 0.15) is 0 Å². The molecule has 2 aromatic rings. The number of thiazole rings is 1. The van der Waals surface area contributed by atoms with E-state index in [1.54, 1.807) is 31.4 Å². The molecule has 1 unspecified atom stereocenters. The van der Waals surface area contributed by atoms with E-state index in [0.29, 0.717) is 35.4 Å². The van der Waals surface area contributed by atoms with Crippen molar-refractivity contribution in [2.24, 2.45) is 0 Å². The van der Waals surface area contributed by atoms with E-state index >= 15 is 0 Å². The Kier molecular flexibility index (Phi) is 8.69. The normalized spacial score (nSPS) is 15.8. The third kappa shape index (κ3) is 6.53. The van der Waals surface area contributed by atoms with Crippen LogP contribution in [0.5, 0.6) is 0 Å². The van der Waals surface area contributed by atoms with Crippen LogP contribution >= 0.6 is 23.1 Å². The second-order valence-electron chi connectivity index (χ2n) is 7.33. The maximum atomic E-state index is 12.7. The molecule has 2 heterocycles. The number of piperidine rings is 1. The second kappa shape index (κ2) is 11.3. The summed E-state index contributed by atoms with van der Waals surface area (Å²) < 4.78 is 32.6. The Balaban J connectivity index is 1.55. The van der Waals surface area contributed by atoms with Crippen molar-refractivity contribution in [2.75, 3.05) is 25.0 Å². The SMILES string of the molecule is CCOC(=O)Cc1csc(SC(C)C(=O)Nc2ccc(S(=O)(=O)N3CCCCC3)cc2)n1. The van der Waals surface area contributed by atoms with Crippen LogP contribution in [-0.4, -0.2) is 54.5 Å². The zero-order valence-electron chi connectivity index (χ0n) is 18.1. The fourth-order valence-electron chi connectivity index (χ4n) is 3.20. The molecule has 1 amide bonds. The smallest absolute Gasteiger partial charge is 0.311 e. The molecule has 1 saturated heterocycles. The Morgan fingerprint density at radius 1 is 1.22 bits per heavy atom. The van der Waals surface area contributed by atoms with Gasteiger partial charge in [-0.15, -0.1) is 11.3 Å². The summed E-state index contributed by atoms with van der Waals surface area (Å²) >= 11 is 2.67. The van der Waals surface area contributed by atoms with Gasteiger partial charge in [0.2, 0.25) is 15.9 Å². The molecule has 0 saturated carbocycles. The molecule has 1 aliphatic heterocycles. The van der Waals surface area contributed by atoms with Crippen LogP contribution in [0.1, 0.15) is 38.8 Å². The first kappa shape index (κ1) is 24.7. The van der Waals surface area contributed by atoms with Crippen LogP contribution in [0.15, 0.2) is 38.9 Å². The Bertz CT molecular complexity index is 1030. The number of nitrogens with zero attached hydrogens (tertiary/aromatic N) is 2. The predicted octanol–water partition coefficient (Wildman–Crippen LogP) is 3.54. The molecular formula is C21H27N3O5S3. The molecule has 1 N–H and O–H groups in total. The highest BCUT2D eigenvalue weighted by Crippen LogP contribution is 2.28. The number of rotatable bonds is 9. The van der Waals surface area contributed by atoms with Crippen molar-refractivity contribution in [2.45, 2.75) is 54.0 Å². The van der Waals surface area contributed by atoms with E-state index in [4.69, 9.17) is 4.74 Å². The molecule has 11 heteroatoms. The largest absolute Gasteiger partial charge is 0.466 e. The first-order chi connectivity index (χ1) is 15.3. The van der Waals surface area contributed by atoms with Crippen LogP contribution in [-0.2, 0) is 30.8 Å². The number of esters is 1. The van der Waals surface area contributed by atoms with Gasteiger partial charge in [-0.2, -0.15) is 4.31 Å². The average Bonchev–Trinajstić information content (AvgIpc) is 3.21. The number of thioether (sulfide) groups is 1. The van der Waals surface area contributed by atoms with Crippen molar-refractivity contribution in [1.82, 2.24) is 9.29 Å². The Hall–Kier alpha value is -1.95. The Morgan fingerprint density at radius 2 is 1.91 bits per heavy atom. The molecular weight excluding hydrogens is 470 g/mol. The predicted molar refractivity (Wildman–Crippen MR) is 125 cm³/mol. The molecule has 32 heavy (non-hydrogen) atoms. The molecule has 1 aromatic carbocycles. The molecule has 0 bridgehead atoms. The van der Waals surface area contributed by atoms with E-state index in [-0.39, 0.29) is 23.2 Å². The third-order valence-corrected chi connectivity index (χ3v) is 8.92. The number of hydrogen-bond acceptors (Lipinski definition) is 8. The lowest BCUT2D eigenvalue weighted by Crippen LogP contribution is -2.35. The lowest BCUT2D eigenvalue weighted by molar-refractivity contribution is -0.142. The van der Waals surface area contributed by atoms with Crippen molar-refractivity contribution in [3.8, 4) is 0 Å². The number of sulfonamides is 1. The van der Waals surface area contributed by atoms with Crippen molar-refractivity contribution in [1.29, 1.82) is 0 Å². The zero-order valence-corrected chi connectivity index (χ0v) is 20.5. The summed E-state index contributed by atoms with van der Waals surface area (Å²) in [5, 5.41) is 4.17. The number of benzene rings is 1. The number of anilines is 1. The monoisotopic (exact) mass is 497 g/mol. The van der Waals surface area contributed by atoms with Gasteiger partial charge in [0, 0.05) is 24.2 Å². The summed E-state index contributed by atoms with van der Waals surface area (Å²) in [6.45, 7) is 4.94. The zero-order chi connectivity index (χ0) is 23.1. The Labute approximate surface area is 196 Å². The van der Waals surface area contributed by atoms with Crippen molar-refractivity contribution >= 4 is 50.7 Å². The van der Waals surface area contributed by atoms with Crippen LogP contribution in [0.4, 0.5) is 5.69 Å². The van der Waals surface area contributed by atoms with E-state index in [1.807, 2.05) is 0 Å². The van der Waals surface area contributed by atoms with Gasteiger partial charge in [0.15, 0.2) is 4.34 Å². The summed E-state index contributed by atoms with van der Waals surface area (Å²) in [6.07, 6.45) is 2.93. The quantitative estimate of drug-likeness (QED) is 0.417. The van der Waals surface area contributed by atoms with Crippen LogP contribution in [0, 0.1) is 0 Å². The van der Waals surface area contributed by atoms with Gasteiger partial charge in [-0.05, 0) is 51.0 Å². The van der Waals surface area contributed by atoms with Gasteiger partial charge < -0.3 is 10.1 Å². The van der Waals surface area contributed by atoms with Gasteiger partial charge in [0.05, 0.1) is 28.9 Å². The van der Waals surface area contributed by atoms with Crippen LogP contribution in [0.3, 0.4) is 0 Å². The Morgan fingerprint density at radius 3 is 2.56 bits per heavy atom. The van der Waals surface area contributed by atoms with Crippen molar-refractivity contribution in [3.05, 3.63) is 35.3 Å². The van der Waals surface area contributed by atoms with Gasteiger partial charge in [-0.3, -0.25) is 9.59 Å². The number of ether oxygens (including phenoxy) is 1. The fourth-order valence-corrected chi connectivity index (χ4v) is 6.69. The molecule has 1 aromatic heterocycles. The highest BCUT2D eigenvalue weighted by Gasteiger charge is 2.26. The number of nitrogens with one attached hydrogen (secondary N) is 1. The van der Waals surface area contributed by atoms with E-state index in [2.05, 4.69) is 10.3 Å². The molecule has 1 aliphatic rings. The first-order valence-electron chi connectivity index (χ1n) is 10.5. The number of amides is 1. The molecule has 0 aliphatic carbocycles. The molecule has 1 fully saturated rings. The van der Waals surface area contributed by atoms with E-state index < -0.39 is 15.3 Å². The minimum Gasteiger partial charge on any atom is -0.466 e. The molecule has 174 valence electrons. The number of hydrogen-bond donors (Lipinski definition) is 1. The van der Waals surface area contributed by atoms with Gasteiger partial charge >= 0.3 is 5.97 Å². The summed E-state index contributed by atoms with van der Waals surface area (Å²) in [4.78, 5) is 28.7. The molecule has 0 radical (unpaired) electrons. The lowest BCUT2D eigenvalue weighted by Gasteiger charge is -2.25. The number of aromatic nitrogens is 1. The van der Waals surface area contributed by atoms with Gasteiger partial charge in [-0.1, -0.05) is 18.2 Å². The maximum absolute atomic E-state index is 12.7. The van der Waals surface area contributed by atoms with Gasteiger partial charge in [0.25, 0.3) is 0 Å². The minimum atomic E-state index is -3.50. The van der Waals surface area contributed by atoms with E-state index in [9.17, 15) is 18.0 Å². The lowest BCUT2D eigenvalue weighted by atomic mass is 10.2. The fraction of sp³-hybridized carbons (Fsp3) is 0.476. The van der Waals surface area contributed by atoms with E-state index in [1.165, 1.54) is 39.5 Å². The number of carbonyl (C=O) groups is 2. The highest BCUT2D eigenvalue weighted by molar-refractivity contribution is 8.02. The summed E-state index contributed by atoms with van der Waals surface area (Å²) in [7, 11) is -3.50. The third-order valence-electron chi connectivity index (χ3n) is 4.88. The minimum absolute atomic E-state index is 0.109.